The highest BCUT2D eigenvalue weighted by Gasteiger charge is 2.10. The first-order valence-corrected chi connectivity index (χ1v) is 6.57. The maximum atomic E-state index is 13.0. The van der Waals surface area contributed by atoms with E-state index in [0.717, 1.165) is 0 Å². The maximum Gasteiger partial charge on any atom is 0.319 e. The van der Waals surface area contributed by atoms with E-state index in [2.05, 4.69) is 10.6 Å². The number of carbonyl (C=O) groups is 1. The molecule has 0 fully saturated rings. The molecule has 0 spiro atoms. The second kappa shape index (κ2) is 7.20. The fraction of sp³-hybridized carbons (Fsp3) is 0.125. The summed E-state index contributed by atoms with van der Waals surface area (Å²) in [6.45, 7) is -0.0623. The molecule has 0 saturated carbocycles. The fourth-order valence-electron chi connectivity index (χ4n) is 1.86. The molecular formula is C16H14FN3O2. The van der Waals surface area contributed by atoms with E-state index in [-0.39, 0.29) is 6.54 Å². The summed E-state index contributed by atoms with van der Waals surface area (Å²) in [6, 6.07) is 13.4. The van der Waals surface area contributed by atoms with Crippen LogP contribution in [0.5, 0.6) is 0 Å². The van der Waals surface area contributed by atoms with Crippen molar-refractivity contribution in [2.45, 2.75) is 6.10 Å². The molecule has 0 aromatic heterocycles. The van der Waals surface area contributed by atoms with E-state index in [0.29, 0.717) is 16.8 Å². The predicted octanol–water partition coefficient (Wildman–Crippen LogP) is 2.55. The van der Waals surface area contributed by atoms with Crippen molar-refractivity contribution in [2.24, 2.45) is 0 Å². The van der Waals surface area contributed by atoms with Gasteiger partial charge in [-0.3, -0.25) is 0 Å². The number of carbonyl (C=O) groups excluding carboxylic acids is 1. The van der Waals surface area contributed by atoms with Crippen molar-refractivity contribution >= 4 is 11.7 Å². The number of hydrogen-bond acceptors (Lipinski definition) is 3. The van der Waals surface area contributed by atoms with E-state index in [1.807, 2.05) is 6.07 Å². The zero-order valence-electron chi connectivity index (χ0n) is 11.6. The fourth-order valence-corrected chi connectivity index (χ4v) is 1.86. The third-order valence-electron chi connectivity index (χ3n) is 2.94. The largest absolute Gasteiger partial charge is 0.387 e. The van der Waals surface area contributed by atoms with E-state index in [4.69, 9.17) is 5.26 Å². The number of hydrogen-bond donors (Lipinski definition) is 3. The molecule has 0 bridgehead atoms. The number of nitrogens with zero attached hydrogens (tertiary/aromatic N) is 1. The first kappa shape index (κ1) is 15.5. The van der Waals surface area contributed by atoms with Gasteiger partial charge in [0.15, 0.2) is 0 Å². The molecule has 2 amide bonds. The molecular weight excluding hydrogens is 285 g/mol. The number of urea groups is 1. The number of anilines is 1. The molecule has 0 saturated heterocycles. The molecule has 0 unspecified atom stereocenters. The van der Waals surface area contributed by atoms with Crippen molar-refractivity contribution in [3.8, 4) is 6.07 Å². The van der Waals surface area contributed by atoms with Gasteiger partial charge >= 0.3 is 6.03 Å². The molecule has 6 heteroatoms. The highest BCUT2D eigenvalue weighted by molar-refractivity contribution is 5.89. The van der Waals surface area contributed by atoms with Crippen LogP contribution >= 0.6 is 0 Å². The summed E-state index contributed by atoms with van der Waals surface area (Å²) in [4.78, 5) is 11.7. The quantitative estimate of drug-likeness (QED) is 0.811. The van der Waals surface area contributed by atoms with Gasteiger partial charge in [-0.1, -0.05) is 18.2 Å². The number of nitrogens with one attached hydrogen (secondary N) is 2. The van der Waals surface area contributed by atoms with Crippen molar-refractivity contribution in [1.29, 1.82) is 5.26 Å². The third kappa shape index (κ3) is 4.30. The highest BCUT2D eigenvalue weighted by atomic mass is 19.1. The molecule has 2 aromatic carbocycles. The standard InChI is InChI=1S/C16H14FN3O2/c17-13-5-2-4-12(8-13)15(21)10-19-16(22)20-14-6-1-3-11(7-14)9-18/h1-8,15,21H,10H2,(H2,19,20,22)/t15-/m0/s1. The van der Waals surface area contributed by atoms with Crippen molar-refractivity contribution in [1.82, 2.24) is 5.32 Å². The van der Waals surface area contributed by atoms with Gasteiger partial charge in [0.1, 0.15) is 5.82 Å². The Morgan fingerprint density at radius 3 is 2.77 bits per heavy atom. The molecule has 0 radical (unpaired) electrons. The number of benzene rings is 2. The van der Waals surface area contributed by atoms with Crippen molar-refractivity contribution in [3.63, 3.8) is 0 Å². The number of halogens is 1. The molecule has 0 aliphatic rings. The topological polar surface area (TPSA) is 85.2 Å². The van der Waals surface area contributed by atoms with Gasteiger partial charge in [0, 0.05) is 12.2 Å². The lowest BCUT2D eigenvalue weighted by Gasteiger charge is -2.13. The molecule has 112 valence electrons. The molecule has 5 nitrogen and oxygen atoms in total. The van der Waals surface area contributed by atoms with Gasteiger partial charge in [0.2, 0.25) is 0 Å². The summed E-state index contributed by atoms with van der Waals surface area (Å²) >= 11 is 0. The Bertz CT molecular complexity index is 713. The van der Waals surface area contributed by atoms with Crippen LogP contribution in [0.4, 0.5) is 14.9 Å². The predicted molar refractivity (Wildman–Crippen MR) is 79.5 cm³/mol. The Kier molecular flexibility index (Phi) is 5.07. The van der Waals surface area contributed by atoms with Crippen LogP contribution < -0.4 is 10.6 Å². The van der Waals surface area contributed by atoms with Gasteiger partial charge in [-0.05, 0) is 35.9 Å². The van der Waals surface area contributed by atoms with E-state index >= 15 is 0 Å². The molecule has 2 aromatic rings. The van der Waals surface area contributed by atoms with Gasteiger partial charge in [0.25, 0.3) is 0 Å². The van der Waals surface area contributed by atoms with E-state index in [1.165, 1.54) is 24.3 Å². The van der Waals surface area contributed by atoms with Crippen LogP contribution in [-0.2, 0) is 0 Å². The average Bonchev–Trinajstić information content (AvgIpc) is 2.52. The Hall–Kier alpha value is -2.91. The summed E-state index contributed by atoms with van der Waals surface area (Å²) in [6.07, 6.45) is -1.01. The highest BCUT2D eigenvalue weighted by Crippen LogP contribution is 2.13. The molecule has 0 aliphatic carbocycles. The lowest BCUT2D eigenvalue weighted by Crippen LogP contribution is -2.32. The van der Waals surface area contributed by atoms with E-state index < -0.39 is 18.0 Å². The SMILES string of the molecule is N#Cc1cccc(NC(=O)NC[C@H](O)c2cccc(F)c2)c1. The summed E-state index contributed by atoms with van der Waals surface area (Å²) in [7, 11) is 0. The Morgan fingerprint density at radius 1 is 1.27 bits per heavy atom. The van der Waals surface area contributed by atoms with Gasteiger partial charge in [-0.2, -0.15) is 5.26 Å². The Balaban J connectivity index is 1.88. The monoisotopic (exact) mass is 299 g/mol. The van der Waals surface area contributed by atoms with Gasteiger partial charge in [-0.15, -0.1) is 0 Å². The van der Waals surface area contributed by atoms with Gasteiger partial charge < -0.3 is 15.7 Å². The number of amides is 2. The minimum Gasteiger partial charge on any atom is -0.387 e. The molecule has 22 heavy (non-hydrogen) atoms. The second-order valence-electron chi connectivity index (χ2n) is 4.60. The van der Waals surface area contributed by atoms with Crippen LogP contribution in [0, 0.1) is 17.1 Å². The van der Waals surface area contributed by atoms with Crippen LogP contribution in [-0.4, -0.2) is 17.7 Å². The second-order valence-corrected chi connectivity index (χ2v) is 4.60. The molecule has 2 rings (SSSR count). The molecule has 0 aliphatic heterocycles. The third-order valence-corrected chi connectivity index (χ3v) is 2.94. The van der Waals surface area contributed by atoms with Gasteiger partial charge in [-0.25, -0.2) is 9.18 Å². The van der Waals surface area contributed by atoms with Crippen LogP contribution in [0.2, 0.25) is 0 Å². The van der Waals surface area contributed by atoms with Crippen molar-refractivity contribution < 1.29 is 14.3 Å². The molecule has 1 atom stereocenters. The zero-order valence-corrected chi connectivity index (χ0v) is 11.6. The normalized spacial score (nSPS) is 11.3. The summed E-state index contributed by atoms with van der Waals surface area (Å²) in [5, 5.41) is 23.7. The number of rotatable bonds is 4. The van der Waals surface area contributed by atoms with Gasteiger partial charge in [0.05, 0.1) is 17.7 Å². The molecule has 0 heterocycles. The Labute approximate surface area is 127 Å². The van der Waals surface area contributed by atoms with E-state index in [9.17, 15) is 14.3 Å². The molecule has 3 N–H and O–H groups in total. The maximum absolute atomic E-state index is 13.0. The first-order valence-electron chi connectivity index (χ1n) is 6.57. The van der Waals surface area contributed by atoms with Crippen LogP contribution in [0.1, 0.15) is 17.2 Å². The number of aliphatic hydroxyl groups is 1. The lowest BCUT2D eigenvalue weighted by molar-refractivity contribution is 0.174. The smallest absolute Gasteiger partial charge is 0.319 e. The minimum atomic E-state index is -1.01. The van der Waals surface area contributed by atoms with Crippen LogP contribution in [0.15, 0.2) is 48.5 Å². The Morgan fingerprint density at radius 2 is 2.05 bits per heavy atom. The van der Waals surface area contributed by atoms with Crippen molar-refractivity contribution in [3.05, 3.63) is 65.5 Å². The zero-order chi connectivity index (χ0) is 15.9. The van der Waals surface area contributed by atoms with Crippen LogP contribution in [0.3, 0.4) is 0 Å². The summed E-state index contributed by atoms with van der Waals surface area (Å²) in [5.74, 6) is -0.450. The average molecular weight is 299 g/mol. The first-order chi connectivity index (χ1) is 10.6. The van der Waals surface area contributed by atoms with E-state index in [1.54, 1.807) is 24.3 Å². The lowest BCUT2D eigenvalue weighted by atomic mass is 10.1. The number of nitriles is 1. The van der Waals surface area contributed by atoms with Crippen molar-refractivity contribution in [2.75, 3.05) is 11.9 Å². The summed E-state index contributed by atoms with van der Waals surface area (Å²) in [5.41, 5.74) is 1.28. The minimum absolute atomic E-state index is 0.0623. The summed E-state index contributed by atoms with van der Waals surface area (Å²) < 4.78 is 13.0. The van der Waals surface area contributed by atoms with Crippen LogP contribution in [0.25, 0.3) is 0 Å². The number of aliphatic hydroxyl groups excluding tert-OH is 1.